The molecule has 2 aromatic carbocycles. The molecule has 1 aliphatic rings. The topological polar surface area (TPSA) is 9.23 Å². The Labute approximate surface area is 183 Å². The van der Waals surface area contributed by atoms with Crippen molar-refractivity contribution in [1.82, 2.24) is 0 Å². The molecule has 0 heterocycles. The smallest absolute Gasteiger partial charge is 0.131 e. The van der Waals surface area contributed by atoms with E-state index in [-0.39, 0.29) is 5.82 Å². The summed E-state index contributed by atoms with van der Waals surface area (Å²) in [6.45, 7) is 7.21. The van der Waals surface area contributed by atoms with Gasteiger partial charge in [-0.15, -0.1) is 0 Å². The van der Waals surface area contributed by atoms with Crippen molar-refractivity contribution in [3.63, 3.8) is 0 Å². The standard InChI is InChI=1S/C28H39FO/c1-4-7-8-9-21-10-12-23(13-11-21)24-14-16-27(28(29)20-24)26-17-15-25(30-18-5-2)19-22(26)6-3/h14-17,19-21,23H,4-13,18H2,1-3H3. The van der Waals surface area contributed by atoms with Gasteiger partial charge in [0.1, 0.15) is 11.6 Å². The zero-order valence-corrected chi connectivity index (χ0v) is 19.2. The Morgan fingerprint density at radius 1 is 0.867 bits per heavy atom. The summed E-state index contributed by atoms with van der Waals surface area (Å²) in [5, 5.41) is 0. The molecule has 30 heavy (non-hydrogen) atoms. The number of halogens is 1. The van der Waals surface area contributed by atoms with Crippen LogP contribution in [0.1, 0.15) is 95.6 Å². The Morgan fingerprint density at radius 2 is 1.63 bits per heavy atom. The third kappa shape index (κ3) is 5.86. The number of unbranched alkanes of at least 4 members (excludes halogenated alkanes) is 2. The normalized spacial score (nSPS) is 19.1. The summed E-state index contributed by atoms with van der Waals surface area (Å²) >= 11 is 0. The van der Waals surface area contributed by atoms with Crippen LogP contribution in [0.2, 0.25) is 0 Å². The van der Waals surface area contributed by atoms with Crippen LogP contribution >= 0.6 is 0 Å². The Bertz CT molecular complexity index is 789. The van der Waals surface area contributed by atoms with Gasteiger partial charge in [0.25, 0.3) is 0 Å². The number of benzene rings is 2. The van der Waals surface area contributed by atoms with Gasteiger partial charge in [-0.2, -0.15) is 0 Å². The number of aryl methyl sites for hydroxylation is 1. The van der Waals surface area contributed by atoms with Gasteiger partial charge in [0.2, 0.25) is 0 Å². The number of hydrogen-bond donors (Lipinski definition) is 0. The van der Waals surface area contributed by atoms with Gasteiger partial charge in [0.05, 0.1) is 6.61 Å². The fraction of sp³-hybridized carbons (Fsp3) is 0.571. The van der Waals surface area contributed by atoms with Gasteiger partial charge in [-0.1, -0.05) is 64.7 Å². The first kappa shape index (κ1) is 22.8. The second kappa shape index (κ2) is 11.5. The molecule has 0 atom stereocenters. The maximum Gasteiger partial charge on any atom is 0.131 e. The third-order valence-corrected chi connectivity index (χ3v) is 6.75. The van der Waals surface area contributed by atoms with Crippen LogP contribution in [0.4, 0.5) is 4.39 Å². The fourth-order valence-electron chi connectivity index (χ4n) is 4.91. The molecule has 0 aliphatic heterocycles. The van der Waals surface area contributed by atoms with Gasteiger partial charge in [-0.3, -0.25) is 0 Å². The second-order valence-electron chi connectivity index (χ2n) is 8.97. The highest BCUT2D eigenvalue weighted by Crippen LogP contribution is 2.39. The summed E-state index contributed by atoms with van der Waals surface area (Å²) in [6.07, 6.45) is 12.3. The van der Waals surface area contributed by atoms with Crippen LogP contribution in [0.25, 0.3) is 11.1 Å². The minimum atomic E-state index is -0.0884. The third-order valence-electron chi connectivity index (χ3n) is 6.75. The largest absolute Gasteiger partial charge is 0.494 e. The minimum Gasteiger partial charge on any atom is -0.494 e. The molecule has 1 fully saturated rings. The molecule has 0 N–H and O–H groups in total. The van der Waals surface area contributed by atoms with Crippen LogP contribution in [0.3, 0.4) is 0 Å². The molecule has 164 valence electrons. The lowest BCUT2D eigenvalue weighted by molar-refractivity contribution is 0.302. The molecule has 2 heteroatoms. The van der Waals surface area contributed by atoms with Gasteiger partial charge in [0, 0.05) is 5.56 Å². The Kier molecular flexibility index (Phi) is 8.78. The van der Waals surface area contributed by atoms with Crippen molar-refractivity contribution in [2.45, 2.75) is 90.9 Å². The quantitative estimate of drug-likeness (QED) is 0.356. The van der Waals surface area contributed by atoms with E-state index in [0.29, 0.717) is 18.1 Å². The molecule has 0 unspecified atom stereocenters. The number of hydrogen-bond acceptors (Lipinski definition) is 1. The zero-order chi connectivity index (χ0) is 21.3. The molecule has 0 radical (unpaired) electrons. The van der Waals surface area contributed by atoms with Crippen LogP contribution in [0, 0.1) is 11.7 Å². The summed E-state index contributed by atoms with van der Waals surface area (Å²) in [5.74, 6) is 2.20. The molecular formula is C28H39FO. The summed E-state index contributed by atoms with van der Waals surface area (Å²) in [6, 6.07) is 12.0. The van der Waals surface area contributed by atoms with E-state index in [2.05, 4.69) is 32.9 Å². The molecule has 0 aromatic heterocycles. The fourth-order valence-corrected chi connectivity index (χ4v) is 4.91. The molecule has 2 aromatic rings. The van der Waals surface area contributed by atoms with Crippen molar-refractivity contribution in [3.05, 3.63) is 53.3 Å². The van der Waals surface area contributed by atoms with Crippen molar-refractivity contribution >= 4 is 0 Å². The Morgan fingerprint density at radius 3 is 2.30 bits per heavy atom. The van der Waals surface area contributed by atoms with E-state index in [1.165, 1.54) is 56.9 Å². The summed E-state index contributed by atoms with van der Waals surface area (Å²) in [4.78, 5) is 0. The highest BCUT2D eigenvalue weighted by Gasteiger charge is 2.23. The summed E-state index contributed by atoms with van der Waals surface area (Å²) in [7, 11) is 0. The van der Waals surface area contributed by atoms with Crippen LogP contribution in [0.5, 0.6) is 5.75 Å². The van der Waals surface area contributed by atoms with Gasteiger partial charge in [-0.05, 0) is 85.3 Å². The molecule has 1 aliphatic carbocycles. The number of ether oxygens (including phenoxy) is 1. The maximum atomic E-state index is 15.2. The van der Waals surface area contributed by atoms with Gasteiger partial charge < -0.3 is 4.74 Å². The summed E-state index contributed by atoms with van der Waals surface area (Å²) < 4.78 is 20.9. The average Bonchev–Trinajstić information content (AvgIpc) is 2.78. The SMILES string of the molecule is CCCCCC1CCC(c2ccc(-c3ccc(OCCC)cc3CC)c(F)c2)CC1. The highest BCUT2D eigenvalue weighted by atomic mass is 19.1. The molecule has 1 saturated carbocycles. The van der Waals surface area contributed by atoms with Gasteiger partial charge in [0.15, 0.2) is 0 Å². The predicted molar refractivity (Wildman–Crippen MR) is 126 cm³/mol. The zero-order valence-electron chi connectivity index (χ0n) is 19.2. The van der Waals surface area contributed by atoms with Crippen LogP contribution in [0.15, 0.2) is 36.4 Å². The summed E-state index contributed by atoms with van der Waals surface area (Å²) in [5.41, 5.74) is 4.03. The van der Waals surface area contributed by atoms with Crippen LogP contribution in [-0.2, 0) is 6.42 Å². The molecule has 0 bridgehead atoms. The molecule has 1 nitrogen and oxygen atoms in total. The molecule has 0 amide bonds. The Hall–Kier alpha value is -1.83. The van der Waals surface area contributed by atoms with E-state index in [4.69, 9.17) is 4.74 Å². The first-order valence-corrected chi connectivity index (χ1v) is 12.2. The number of rotatable bonds is 10. The molecule has 0 spiro atoms. The minimum absolute atomic E-state index is 0.0884. The van der Waals surface area contributed by atoms with Crippen LogP contribution < -0.4 is 4.74 Å². The van der Waals surface area contributed by atoms with E-state index in [9.17, 15) is 0 Å². The van der Waals surface area contributed by atoms with Crippen LogP contribution in [-0.4, -0.2) is 6.61 Å². The van der Waals surface area contributed by atoms with E-state index in [1.807, 2.05) is 18.2 Å². The van der Waals surface area contributed by atoms with Gasteiger partial charge >= 0.3 is 0 Å². The average molecular weight is 411 g/mol. The first-order valence-electron chi connectivity index (χ1n) is 12.2. The molecular weight excluding hydrogens is 371 g/mol. The first-order chi connectivity index (χ1) is 14.7. The van der Waals surface area contributed by atoms with Crippen molar-refractivity contribution in [2.75, 3.05) is 6.61 Å². The van der Waals surface area contributed by atoms with Gasteiger partial charge in [-0.25, -0.2) is 4.39 Å². The maximum absolute atomic E-state index is 15.2. The van der Waals surface area contributed by atoms with Crippen molar-refractivity contribution in [3.8, 4) is 16.9 Å². The van der Waals surface area contributed by atoms with Crippen molar-refractivity contribution < 1.29 is 9.13 Å². The Balaban J connectivity index is 1.69. The molecule has 0 saturated heterocycles. The van der Waals surface area contributed by atoms with E-state index < -0.39 is 0 Å². The molecule has 3 rings (SSSR count). The van der Waals surface area contributed by atoms with Crippen molar-refractivity contribution in [2.24, 2.45) is 5.92 Å². The lowest BCUT2D eigenvalue weighted by Crippen LogP contribution is -2.13. The highest BCUT2D eigenvalue weighted by molar-refractivity contribution is 5.69. The predicted octanol–water partition coefficient (Wildman–Crippen LogP) is 8.70. The lowest BCUT2D eigenvalue weighted by atomic mass is 9.77. The van der Waals surface area contributed by atoms with E-state index >= 15 is 4.39 Å². The second-order valence-corrected chi connectivity index (χ2v) is 8.97. The van der Waals surface area contributed by atoms with E-state index in [1.54, 1.807) is 6.07 Å². The van der Waals surface area contributed by atoms with Crippen molar-refractivity contribution in [1.29, 1.82) is 0 Å². The van der Waals surface area contributed by atoms with E-state index in [0.717, 1.165) is 35.6 Å². The monoisotopic (exact) mass is 410 g/mol. The lowest BCUT2D eigenvalue weighted by Gasteiger charge is -2.29.